The molecule has 1 unspecified atom stereocenters. The first-order valence-electron chi connectivity index (χ1n) is 7.56. The minimum Gasteiger partial charge on any atom is -0.317 e. The Bertz CT molecular complexity index is 705. The summed E-state index contributed by atoms with van der Waals surface area (Å²) in [4.78, 5) is 18.8. The van der Waals surface area contributed by atoms with E-state index in [2.05, 4.69) is 9.88 Å². The van der Waals surface area contributed by atoms with Gasteiger partial charge in [0, 0.05) is 18.4 Å². The van der Waals surface area contributed by atoms with E-state index in [0.717, 1.165) is 18.5 Å². The summed E-state index contributed by atoms with van der Waals surface area (Å²) >= 11 is 0. The number of benzene rings is 1. The van der Waals surface area contributed by atoms with Gasteiger partial charge in [0.25, 0.3) is 0 Å². The SMILES string of the molecule is Cc1ccc(C(=O)c2cnc(S(=O)CCCN(C)C)n2C)cc1. The normalized spacial score (nSPS) is 12.6. The zero-order valence-electron chi connectivity index (χ0n) is 14.1. The Morgan fingerprint density at radius 2 is 1.91 bits per heavy atom. The molecule has 2 aromatic rings. The molecule has 0 aliphatic rings. The van der Waals surface area contributed by atoms with Crippen molar-refractivity contribution in [2.75, 3.05) is 26.4 Å². The first-order chi connectivity index (χ1) is 10.9. The lowest BCUT2D eigenvalue weighted by molar-refractivity contribution is 0.103. The summed E-state index contributed by atoms with van der Waals surface area (Å²) in [6.07, 6.45) is 2.34. The molecule has 6 heteroatoms. The van der Waals surface area contributed by atoms with Crippen molar-refractivity contribution in [1.82, 2.24) is 14.5 Å². The van der Waals surface area contributed by atoms with E-state index in [0.29, 0.717) is 22.2 Å². The van der Waals surface area contributed by atoms with Crippen LogP contribution in [0, 0.1) is 6.92 Å². The molecule has 0 spiro atoms. The maximum Gasteiger partial charge on any atom is 0.211 e. The van der Waals surface area contributed by atoms with E-state index in [1.54, 1.807) is 23.7 Å². The van der Waals surface area contributed by atoms with Gasteiger partial charge in [-0.3, -0.25) is 9.00 Å². The highest BCUT2D eigenvalue weighted by molar-refractivity contribution is 7.84. The highest BCUT2D eigenvalue weighted by atomic mass is 32.2. The quantitative estimate of drug-likeness (QED) is 0.728. The Morgan fingerprint density at radius 1 is 1.26 bits per heavy atom. The molecular weight excluding hydrogens is 310 g/mol. The van der Waals surface area contributed by atoms with Gasteiger partial charge in [-0.1, -0.05) is 29.8 Å². The van der Waals surface area contributed by atoms with Crippen molar-refractivity contribution in [3.05, 3.63) is 47.3 Å². The predicted octanol–water partition coefficient (Wildman–Crippen LogP) is 2.02. The summed E-state index contributed by atoms with van der Waals surface area (Å²) in [5.74, 6) is 0.442. The molecule has 0 saturated heterocycles. The third kappa shape index (κ3) is 4.36. The molecule has 0 aliphatic carbocycles. The number of ketones is 1. The van der Waals surface area contributed by atoms with Gasteiger partial charge in [-0.2, -0.15) is 0 Å². The fourth-order valence-electron chi connectivity index (χ4n) is 2.27. The average Bonchev–Trinajstić information content (AvgIpc) is 2.88. The Balaban J connectivity index is 2.13. The van der Waals surface area contributed by atoms with Crippen molar-refractivity contribution in [2.45, 2.75) is 18.5 Å². The maximum atomic E-state index is 12.6. The number of nitrogens with zero attached hydrogens (tertiary/aromatic N) is 3. The summed E-state index contributed by atoms with van der Waals surface area (Å²) in [5.41, 5.74) is 2.18. The molecule has 5 nitrogen and oxygen atoms in total. The fourth-order valence-corrected chi connectivity index (χ4v) is 3.42. The number of carbonyl (C=O) groups excluding carboxylic acids is 1. The van der Waals surface area contributed by atoms with Crippen molar-refractivity contribution in [2.24, 2.45) is 7.05 Å². The van der Waals surface area contributed by atoms with Gasteiger partial charge >= 0.3 is 0 Å². The van der Waals surface area contributed by atoms with E-state index < -0.39 is 10.8 Å². The van der Waals surface area contributed by atoms with E-state index in [1.165, 1.54) is 6.20 Å². The number of aromatic nitrogens is 2. The van der Waals surface area contributed by atoms with Crippen LogP contribution in [0.5, 0.6) is 0 Å². The van der Waals surface area contributed by atoms with Crippen LogP contribution in [-0.2, 0) is 17.8 Å². The molecule has 0 aliphatic heterocycles. The van der Waals surface area contributed by atoms with Crippen molar-refractivity contribution in [3.8, 4) is 0 Å². The van der Waals surface area contributed by atoms with E-state index in [1.807, 2.05) is 33.2 Å². The van der Waals surface area contributed by atoms with E-state index in [-0.39, 0.29) is 5.78 Å². The van der Waals surface area contributed by atoms with E-state index in [4.69, 9.17) is 0 Å². The Morgan fingerprint density at radius 3 is 2.52 bits per heavy atom. The first-order valence-corrected chi connectivity index (χ1v) is 8.88. The number of hydrogen-bond donors (Lipinski definition) is 0. The molecule has 0 N–H and O–H groups in total. The Kier molecular flexibility index (Phi) is 5.85. The van der Waals surface area contributed by atoms with Gasteiger partial charge in [0.2, 0.25) is 5.78 Å². The van der Waals surface area contributed by atoms with E-state index in [9.17, 15) is 9.00 Å². The van der Waals surface area contributed by atoms with Crippen LogP contribution in [0.2, 0.25) is 0 Å². The van der Waals surface area contributed by atoms with Crippen LogP contribution in [0.15, 0.2) is 35.6 Å². The molecule has 0 saturated carbocycles. The average molecular weight is 333 g/mol. The third-order valence-corrected chi connectivity index (χ3v) is 5.08. The lowest BCUT2D eigenvalue weighted by Crippen LogP contribution is -2.16. The molecule has 0 radical (unpaired) electrons. The summed E-state index contributed by atoms with van der Waals surface area (Å²) in [5, 5.41) is 0.458. The topological polar surface area (TPSA) is 55.2 Å². The Labute approximate surface area is 139 Å². The van der Waals surface area contributed by atoms with Gasteiger partial charge in [-0.15, -0.1) is 0 Å². The zero-order chi connectivity index (χ0) is 17.0. The molecule has 1 atom stereocenters. The van der Waals surface area contributed by atoms with Gasteiger partial charge < -0.3 is 9.47 Å². The highest BCUT2D eigenvalue weighted by Gasteiger charge is 2.18. The molecule has 124 valence electrons. The second kappa shape index (κ2) is 7.66. The molecule has 1 heterocycles. The summed E-state index contributed by atoms with van der Waals surface area (Å²) < 4.78 is 14.0. The Hall–Kier alpha value is -1.79. The van der Waals surface area contributed by atoms with Crippen LogP contribution in [0.4, 0.5) is 0 Å². The molecule has 0 amide bonds. The van der Waals surface area contributed by atoms with Crippen LogP contribution < -0.4 is 0 Å². The van der Waals surface area contributed by atoms with Crippen molar-refractivity contribution in [1.29, 1.82) is 0 Å². The fraction of sp³-hybridized carbons (Fsp3) is 0.412. The van der Waals surface area contributed by atoms with Crippen LogP contribution in [-0.4, -0.2) is 50.8 Å². The van der Waals surface area contributed by atoms with Gasteiger partial charge in [0.15, 0.2) is 5.16 Å². The summed E-state index contributed by atoms with van der Waals surface area (Å²) in [6, 6.07) is 7.42. The third-order valence-electron chi connectivity index (χ3n) is 3.63. The predicted molar refractivity (Wildman–Crippen MR) is 92.3 cm³/mol. The van der Waals surface area contributed by atoms with Crippen molar-refractivity contribution in [3.63, 3.8) is 0 Å². The van der Waals surface area contributed by atoms with Gasteiger partial charge in [-0.25, -0.2) is 4.98 Å². The number of imidazole rings is 1. The van der Waals surface area contributed by atoms with Gasteiger partial charge in [0.1, 0.15) is 5.69 Å². The first kappa shape index (κ1) is 17.6. The molecule has 0 fully saturated rings. The number of rotatable bonds is 7. The van der Waals surface area contributed by atoms with Crippen LogP contribution >= 0.6 is 0 Å². The summed E-state index contributed by atoms with van der Waals surface area (Å²) in [6.45, 7) is 2.86. The monoisotopic (exact) mass is 333 g/mol. The second-order valence-electron chi connectivity index (χ2n) is 5.89. The van der Waals surface area contributed by atoms with Crippen LogP contribution in [0.3, 0.4) is 0 Å². The summed E-state index contributed by atoms with van der Waals surface area (Å²) in [7, 11) is 4.53. The lowest BCUT2D eigenvalue weighted by atomic mass is 10.1. The molecule has 1 aromatic heterocycles. The van der Waals surface area contributed by atoms with Crippen molar-refractivity contribution < 1.29 is 9.00 Å². The molecule has 0 bridgehead atoms. The number of aryl methyl sites for hydroxylation is 1. The van der Waals surface area contributed by atoms with Crippen LogP contribution in [0.1, 0.15) is 28.0 Å². The largest absolute Gasteiger partial charge is 0.317 e. The van der Waals surface area contributed by atoms with E-state index >= 15 is 0 Å². The second-order valence-corrected chi connectivity index (χ2v) is 7.35. The maximum absolute atomic E-state index is 12.6. The smallest absolute Gasteiger partial charge is 0.211 e. The molecule has 23 heavy (non-hydrogen) atoms. The molecular formula is C17H23N3O2S. The lowest BCUT2D eigenvalue weighted by Gasteiger charge is -2.09. The number of hydrogen-bond acceptors (Lipinski definition) is 4. The minimum absolute atomic E-state index is 0.100. The molecule has 1 aromatic carbocycles. The minimum atomic E-state index is -1.19. The zero-order valence-corrected chi connectivity index (χ0v) is 14.9. The molecule has 2 rings (SSSR count). The standard InChI is InChI=1S/C17H23N3O2S/c1-13-6-8-14(9-7-13)16(21)15-12-18-17(20(15)4)23(22)11-5-10-19(2)3/h6-9,12H,5,10-11H2,1-4H3. The number of carbonyl (C=O) groups is 1. The highest BCUT2D eigenvalue weighted by Crippen LogP contribution is 2.14. The van der Waals surface area contributed by atoms with Gasteiger partial charge in [-0.05, 0) is 34.0 Å². The van der Waals surface area contributed by atoms with Gasteiger partial charge in [0.05, 0.1) is 17.0 Å². The van der Waals surface area contributed by atoms with Crippen LogP contribution in [0.25, 0.3) is 0 Å². The van der Waals surface area contributed by atoms with Crippen molar-refractivity contribution >= 4 is 16.6 Å².